The first-order valence-corrected chi connectivity index (χ1v) is 6.73. The van der Waals surface area contributed by atoms with Crippen LogP contribution in [0.4, 0.5) is 10.1 Å². The van der Waals surface area contributed by atoms with E-state index in [1.165, 1.54) is 12.1 Å². The van der Waals surface area contributed by atoms with Crippen molar-refractivity contribution in [3.05, 3.63) is 29.6 Å². The molecule has 0 spiro atoms. The van der Waals surface area contributed by atoms with Gasteiger partial charge in [0.25, 0.3) is 0 Å². The number of likely N-dealkylation sites (N-methyl/N-ethyl adjacent to an activating group) is 1. The fraction of sp³-hybridized carbons (Fsp3) is 0.500. The highest BCUT2D eigenvalue weighted by atomic mass is 19.1. The molecule has 1 aliphatic rings. The third-order valence-electron chi connectivity index (χ3n) is 3.91. The summed E-state index contributed by atoms with van der Waals surface area (Å²) in [6.07, 6.45) is 3.27. The van der Waals surface area contributed by atoms with Crippen LogP contribution in [0, 0.1) is 5.82 Å². The van der Waals surface area contributed by atoms with Crippen LogP contribution in [0.1, 0.15) is 31.2 Å². The predicted octanol–water partition coefficient (Wildman–Crippen LogP) is 1.66. The third-order valence-corrected chi connectivity index (χ3v) is 3.91. The number of oxime groups is 1. The van der Waals surface area contributed by atoms with E-state index < -0.39 is 11.9 Å². The van der Waals surface area contributed by atoms with Gasteiger partial charge in [-0.15, -0.1) is 0 Å². The molecule has 2 rings (SSSR count). The normalized spacial score (nSPS) is 23.6. The number of hydrogen-bond acceptors (Lipinski definition) is 4. The summed E-state index contributed by atoms with van der Waals surface area (Å²) >= 11 is 0. The number of aliphatic hydroxyl groups excluding tert-OH is 1. The molecule has 110 valence electrons. The van der Waals surface area contributed by atoms with Crippen LogP contribution in [0.15, 0.2) is 23.4 Å². The molecule has 0 amide bonds. The molecule has 0 bridgehead atoms. The second-order valence-corrected chi connectivity index (χ2v) is 5.18. The van der Waals surface area contributed by atoms with E-state index in [1.807, 2.05) is 11.9 Å². The van der Waals surface area contributed by atoms with Crippen LogP contribution in [0.5, 0.6) is 0 Å². The lowest BCUT2D eigenvalue weighted by atomic mass is 9.91. The Labute approximate surface area is 117 Å². The molecule has 1 fully saturated rings. The molecule has 1 aromatic rings. The lowest BCUT2D eigenvalue weighted by Crippen LogP contribution is -2.44. The van der Waals surface area contributed by atoms with Gasteiger partial charge in [-0.05, 0) is 31.0 Å². The number of halogens is 1. The summed E-state index contributed by atoms with van der Waals surface area (Å²) in [6.45, 7) is 0. The lowest BCUT2D eigenvalue weighted by Gasteiger charge is -2.37. The Morgan fingerprint density at radius 3 is 2.75 bits per heavy atom. The van der Waals surface area contributed by atoms with Crippen LogP contribution >= 0.6 is 0 Å². The van der Waals surface area contributed by atoms with Crippen molar-refractivity contribution in [2.45, 2.75) is 37.8 Å². The van der Waals surface area contributed by atoms with E-state index in [9.17, 15) is 9.50 Å². The van der Waals surface area contributed by atoms with Gasteiger partial charge in [-0.1, -0.05) is 18.0 Å². The molecule has 1 aliphatic carbocycles. The molecule has 0 heterocycles. The summed E-state index contributed by atoms with van der Waals surface area (Å²) in [7, 11) is 1.83. The molecule has 2 unspecified atom stereocenters. The standard InChI is InChI=1S/C14H20FN3O2/c1-18(12-4-2-3-5-13(12)19)11-7-6-9(15)8-10(11)14(16)17-20/h6-8,12-13,19-20H,2-5H2,1H3,(H2,16,17). The average Bonchev–Trinajstić information content (AvgIpc) is 2.46. The number of rotatable bonds is 3. The van der Waals surface area contributed by atoms with Crippen molar-refractivity contribution in [2.75, 3.05) is 11.9 Å². The summed E-state index contributed by atoms with van der Waals surface area (Å²) in [5, 5.41) is 21.9. The first kappa shape index (κ1) is 14.6. The van der Waals surface area contributed by atoms with Gasteiger partial charge in [-0.25, -0.2) is 4.39 Å². The number of aliphatic hydroxyl groups is 1. The molecule has 5 nitrogen and oxygen atoms in total. The maximum absolute atomic E-state index is 13.4. The Kier molecular flexibility index (Phi) is 4.44. The predicted molar refractivity (Wildman–Crippen MR) is 75.6 cm³/mol. The Morgan fingerprint density at radius 1 is 1.40 bits per heavy atom. The molecule has 20 heavy (non-hydrogen) atoms. The average molecular weight is 281 g/mol. The van der Waals surface area contributed by atoms with Gasteiger partial charge < -0.3 is 20.9 Å². The van der Waals surface area contributed by atoms with Crippen molar-refractivity contribution in [3.63, 3.8) is 0 Å². The van der Waals surface area contributed by atoms with Gasteiger partial charge in [0.15, 0.2) is 5.84 Å². The fourth-order valence-electron chi connectivity index (χ4n) is 2.80. The molecule has 0 aliphatic heterocycles. The summed E-state index contributed by atoms with van der Waals surface area (Å²) in [5.41, 5.74) is 6.58. The van der Waals surface area contributed by atoms with Crippen molar-refractivity contribution >= 4 is 11.5 Å². The molecule has 1 aromatic carbocycles. The Balaban J connectivity index is 2.36. The first-order valence-electron chi connectivity index (χ1n) is 6.73. The number of nitrogens with zero attached hydrogens (tertiary/aromatic N) is 2. The van der Waals surface area contributed by atoms with Crippen LogP contribution in [0.2, 0.25) is 0 Å². The van der Waals surface area contributed by atoms with Gasteiger partial charge in [0.1, 0.15) is 5.82 Å². The van der Waals surface area contributed by atoms with Gasteiger partial charge in [0.05, 0.1) is 12.1 Å². The smallest absolute Gasteiger partial charge is 0.172 e. The highest BCUT2D eigenvalue weighted by Gasteiger charge is 2.28. The summed E-state index contributed by atoms with van der Waals surface area (Å²) in [5.74, 6) is -0.593. The van der Waals surface area contributed by atoms with E-state index in [0.29, 0.717) is 11.3 Å². The van der Waals surface area contributed by atoms with Crippen molar-refractivity contribution in [2.24, 2.45) is 10.9 Å². The van der Waals surface area contributed by atoms with Gasteiger partial charge >= 0.3 is 0 Å². The summed E-state index contributed by atoms with van der Waals surface area (Å²) in [6, 6.07) is 4.11. The second-order valence-electron chi connectivity index (χ2n) is 5.18. The maximum atomic E-state index is 13.4. The quantitative estimate of drug-likeness (QED) is 0.340. The minimum Gasteiger partial charge on any atom is -0.409 e. The summed E-state index contributed by atoms with van der Waals surface area (Å²) in [4.78, 5) is 1.89. The zero-order valence-corrected chi connectivity index (χ0v) is 11.5. The number of nitrogens with two attached hydrogens (primary N) is 1. The molecule has 0 radical (unpaired) electrons. The molecule has 0 aromatic heterocycles. The van der Waals surface area contributed by atoms with Crippen LogP contribution in [0.3, 0.4) is 0 Å². The molecule has 4 N–H and O–H groups in total. The minimum atomic E-state index is -0.451. The number of benzene rings is 1. The Morgan fingerprint density at radius 2 is 2.10 bits per heavy atom. The van der Waals surface area contributed by atoms with E-state index in [2.05, 4.69) is 5.16 Å². The highest BCUT2D eigenvalue weighted by Crippen LogP contribution is 2.29. The van der Waals surface area contributed by atoms with Gasteiger partial charge in [0.2, 0.25) is 0 Å². The Hall–Kier alpha value is -1.82. The zero-order chi connectivity index (χ0) is 14.7. The van der Waals surface area contributed by atoms with Crippen molar-refractivity contribution < 1.29 is 14.7 Å². The maximum Gasteiger partial charge on any atom is 0.172 e. The topological polar surface area (TPSA) is 82.1 Å². The monoisotopic (exact) mass is 281 g/mol. The largest absolute Gasteiger partial charge is 0.409 e. The van der Waals surface area contributed by atoms with Crippen LogP contribution < -0.4 is 10.6 Å². The first-order chi connectivity index (χ1) is 9.54. The lowest BCUT2D eigenvalue weighted by molar-refractivity contribution is 0.106. The molecular formula is C14H20FN3O2. The van der Waals surface area contributed by atoms with E-state index >= 15 is 0 Å². The highest BCUT2D eigenvalue weighted by molar-refractivity contribution is 6.02. The molecular weight excluding hydrogens is 261 g/mol. The van der Waals surface area contributed by atoms with E-state index in [4.69, 9.17) is 10.9 Å². The van der Waals surface area contributed by atoms with Gasteiger partial charge in [0, 0.05) is 18.3 Å². The SMILES string of the molecule is CN(c1ccc(F)cc1/C(N)=N/O)C1CCCCC1O. The van der Waals surface area contributed by atoms with E-state index in [-0.39, 0.29) is 11.9 Å². The van der Waals surface area contributed by atoms with Crippen LogP contribution in [-0.2, 0) is 0 Å². The molecule has 0 saturated heterocycles. The summed E-state index contributed by atoms with van der Waals surface area (Å²) < 4.78 is 13.4. The third kappa shape index (κ3) is 2.85. The minimum absolute atomic E-state index is 0.0422. The van der Waals surface area contributed by atoms with Crippen molar-refractivity contribution in [1.82, 2.24) is 0 Å². The zero-order valence-electron chi connectivity index (χ0n) is 11.5. The van der Waals surface area contributed by atoms with Crippen molar-refractivity contribution in [1.29, 1.82) is 0 Å². The second kappa shape index (κ2) is 6.09. The number of amidine groups is 1. The molecule has 6 heteroatoms. The van der Waals surface area contributed by atoms with E-state index in [1.54, 1.807) is 6.07 Å². The number of hydrogen-bond donors (Lipinski definition) is 3. The van der Waals surface area contributed by atoms with Crippen LogP contribution in [-0.4, -0.2) is 35.3 Å². The molecule has 1 saturated carbocycles. The van der Waals surface area contributed by atoms with E-state index in [0.717, 1.165) is 25.7 Å². The number of anilines is 1. The Bertz CT molecular complexity index is 507. The molecule has 2 atom stereocenters. The van der Waals surface area contributed by atoms with Gasteiger partial charge in [-0.2, -0.15) is 0 Å². The fourth-order valence-corrected chi connectivity index (χ4v) is 2.80. The van der Waals surface area contributed by atoms with Gasteiger partial charge in [-0.3, -0.25) is 0 Å². The van der Waals surface area contributed by atoms with Crippen molar-refractivity contribution in [3.8, 4) is 0 Å². The van der Waals surface area contributed by atoms with Crippen LogP contribution in [0.25, 0.3) is 0 Å².